The fourth-order valence-corrected chi connectivity index (χ4v) is 4.50. The van der Waals surface area contributed by atoms with Crippen LogP contribution >= 0.6 is 11.6 Å². The second kappa shape index (κ2) is 7.88. The van der Waals surface area contributed by atoms with Crippen molar-refractivity contribution in [2.24, 2.45) is 0 Å². The molecule has 0 amide bonds. The van der Waals surface area contributed by atoms with E-state index in [0.717, 1.165) is 16.9 Å². The van der Waals surface area contributed by atoms with Crippen molar-refractivity contribution in [3.05, 3.63) is 59.5 Å². The van der Waals surface area contributed by atoms with E-state index < -0.39 is 34.9 Å². The lowest BCUT2D eigenvalue weighted by Crippen LogP contribution is -2.43. The van der Waals surface area contributed by atoms with Crippen LogP contribution in [-0.2, 0) is 6.18 Å². The van der Waals surface area contributed by atoms with Crippen molar-refractivity contribution in [2.75, 3.05) is 0 Å². The van der Waals surface area contributed by atoms with Gasteiger partial charge in [-0.1, -0.05) is 22.8 Å². The summed E-state index contributed by atoms with van der Waals surface area (Å²) < 4.78 is 63.7. The van der Waals surface area contributed by atoms with Crippen molar-refractivity contribution >= 4 is 11.6 Å². The highest BCUT2D eigenvalue weighted by Gasteiger charge is 2.47. The summed E-state index contributed by atoms with van der Waals surface area (Å²) in [6.45, 7) is 1.55. The van der Waals surface area contributed by atoms with Gasteiger partial charge in [-0.2, -0.15) is 18.3 Å². The van der Waals surface area contributed by atoms with Crippen LogP contribution in [0, 0.1) is 5.82 Å². The summed E-state index contributed by atoms with van der Waals surface area (Å²) >= 11 is 6.20. The van der Waals surface area contributed by atoms with E-state index in [9.17, 15) is 22.7 Å². The molecule has 1 aliphatic rings. The lowest BCUT2D eigenvalue weighted by molar-refractivity contribution is -0.148. The molecule has 3 aromatic heterocycles. The maximum Gasteiger partial charge on any atom is 0.433 e. The number of halogens is 5. The Morgan fingerprint density at radius 3 is 2.56 bits per heavy atom. The van der Waals surface area contributed by atoms with Crippen LogP contribution in [0.4, 0.5) is 17.6 Å². The van der Waals surface area contributed by atoms with Gasteiger partial charge in [-0.25, -0.2) is 4.39 Å². The van der Waals surface area contributed by atoms with Crippen LogP contribution in [0.15, 0.2) is 47.5 Å². The van der Waals surface area contributed by atoms with E-state index in [2.05, 4.69) is 20.2 Å². The highest BCUT2D eigenvalue weighted by molar-refractivity contribution is 6.33. The fourth-order valence-electron chi connectivity index (χ4n) is 4.25. The molecule has 34 heavy (non-hydrogen) atoms. The minimum atomic E-state index is -4.81. The second-order valence-corrected chi connectivity index (χ2v) is 8.74. The van der Waals surface area contributed by atoms with E-state index in [1.807, 2.05) is 0 Å². The summed E-state index contributed by atoms with van der Waals surface area (Å²) in [5, 5.41) is 17.9. The van der Waals surface area contributed by atoms with Gasteiger partial charge in [-0.15, -0.1) is 0 Å². The van der Waals surface area contributed by atoms with Gasteiger partial charge in [0.1, 0.15) is 11.5 Å². The quantitative estimate of drug-likeness (QED) is 0.374. The Kier molecular flexibility index (Phi) is 5.21. The first-order chi connectivity index (χ1) is 16.1. The molecule has 1 fully saturated rings. The van der Waals surface area contributed by atoms with E-state index in [4.69, 9.17) is 16.1 Å². The zero-order valence-electron chi connectivity index (χ0n) is 17.5. The maximum atomic E-state index is 14.7. The van der Waals surface area contributed by atoms with E-state index in [1.54, 1.807) is 6.92 Å². The van der Waals surface area contributed by atoms with Gasteiger partial charge in [0, 0.05) is 12.4 Å². The van der Waals surface area contributed by atoms with Crippen molar-refractivity contribution in [1.82, 2.24) is 24.9 Å². The molecule has 0 unspecified atom stereocenters. The number of aliphatic hydroxyl groups is 1. The van der Waals surface area contributed by atoms with Crippen LogP contribution in [0.3, 0.4) is 0 Å². The molecule has 3 heterocycles. The Morgan fingerprint density at radius 2 is 1.94 bits per heavy atom. The lowest BCUT2D eigenvalue weighted by atomic mass is 9.77. The molecule has 12 heteroatoms. The van der Waals surface area contributed by atoms with E-state index in [1.165, 1.54) is 30.7 Å². The fraction of sp³-hybridized carbons (Fsp3) is 0.273. The van der Waals surface area contributed by atoms with E-state index >= 15 is 0 Å². The number of aromatic nitrogens is 5. The summed E-state index contributed by atoms with van der Waals surface area (Å²) in [5.41, 5.74) is -2.69. The van der Waals surface area contributed by atoms with Crippen LogP contribution in [-0.4, -0.2) is 35.6 Å². The van der Waals surface area contributed by atoms with Gasteiger partial charge >= 0.3 is 6.18 Å². The monoisotopic (exact) mass is 493 g/mol. The topological polar surface area (TPSA) is 89.9 Å². The van der Waals surface area contributed by atoms with E-state index in [0.29, 0.717) is 0 Å². The van der Waals surface area contributed by atoms with Gasteiger partial charge in [0.05, 0.1) is 51.4 Å². The SMILES string of the molecule is CC1(O)CC(n2ncc(-c3onc(-c4c(F)cccc4Cl)c3-c3cnccn3)c2C(F)(F)F)C1. The third kappa shape index (κ3) is 3.74. The predicted molar refractivity (Wildman–Crippen MR) is 113 cm³/mol. The Bertz CT molecular complexity index is 1340. The van der Waals surface area contributed by atoms with Crippen LogP contribution in [0.5, 0.6) is 0 Å². The third-order valence-electron chi connectivity index (χ3n) is 5.72. The molecular formula is C22H16ClF4N5O2. The van der Waals surface area contributed by atoms with Crippen molar-refractivity contribution in [1.29, 1.82) is 0 Å². The number of hydrogen-bond donors (Lipinski definition) is 1. The Hall–Kier alpha value is -3.31. The molecule has 0 aliphatic heterocycles. The highest BCUT2D eigenvalue weighted by atomic mass is 35.5. The van der Waals surface area contributed by atoms with Crippen LogP contribution in [0.25, 0.3) is 33.8 Å². The number of benzene rings is 1. The zero-order valence-corrected chi connectivity index (χ0v) is 18.3. The molecular weight excluding hydrogens is 478 g/mol. The van der Waals surface area contributed by atoms with Crippen LogP contribution < -0.4 is 0 Å². The first-order valence-electron chi connectivity index (χ1n) is 10.1. The lowest BCUT2D eigenvalue weighted by Gasteiger charge is -2.41. The molecule has 1 saturated carbocycles. The van der Waals surface area contributed by atoms with Crippen molar-refractivity contribution < 1.29 is 27.2 Å². The average Bonchev–Trinajstić information content (AvgIpc) is 3.37. The van der Waals surface area contributed by atoms with Gasteiger partial charge in [0.25, 0.3) is 0 Å². The smallest absolute Gasteiger partial charge is 0.390 e. The zero-order chi connectivity index (χ0) is 24.3. The third-order valence-corrected chi connectivity index (χ3v) is 6.03. The van der Waals surface area contributed by atoms with Gasteiger partial charge < -0.3 is 9.63 Å². The Morgan fingerprint density at radius 1 is 1.18 bits per heavy atom. The molecule has 176 valence electrons. The highest BCUT2D eigenvalue weighted by Crippen LogP contribution is 2.49. The summed E-state index contributed by atoms with van der Waals surface area (Å²) in [6, 6.07) is 3.32. The molecule has 1 aliphatic carbocycles. The number of alkyl halides is 3. The Labute approximate surface area is 195 Å². The standard InChI is InChI=1S/C22H16ClF4N5O2/c1-21(33)7-11(8-21)32-20(22(25,26)27)12(9-30-32)19-17(15-10-28-5-6-29-15)18(31-34-19)16-13(23)3-2-4-14(16)24/h2-6,9-11,33H,7-8H2,1H3. The largest absolute Gasteiger partial charge is 0.433 e. The summed E-state index contributed by atoms with van der Waals surface area (Å²) in [4.78, 5) is 8.13. The molecule has 1 N–H and O–H groups in total. The Balaban J connectivity index is 1.75. The molecule has 5 rings (SSSR count). The first-order valence-corrected chi connectivity index (χ1v) is 10.5. The van der Waals surface area contributed by atoms with Gasteiger partial charge in [-0.3, -0.25) is 14.6 Å². The number of rotatable bonds is 4. The molecule has 0 bridgehead atoms. The summed E-state index contributed by atoms with van der Waals surface area (Å²) in [7, 11) is 0. The van der Waals surface area contributed by atoms with Crippen LogP contribution in [0.1, 0.15) is 31.5 Å². The van der Waals surface area contributed by atoms with E-state index in [-0.39, 0.29) is 46.1 Å². The predicted octanol–water partition coefficient (Wildman–Crippen LogP) is 5.56. The molecule has 7 nitrogen and oxygen atoms in total. The maximum absolute atomic E-state index is 14.7. The molecule has 4 aromatic rings. The molecule has 1 aromatic carbocycles. The second-order valence-electron chi connectivity index (χ2n) is 8.33. The minimum absolute atomic E-state index is 0.00608. The van der Waals surface area contributed by atoms with Gasteiger partial charge in [-0.05, 0) is 31.9 Å². The summed E-state index contributed by atoms with van der Waals surface area (Å²) in [5.74, 6) is -1.04. The summed E-state index contributed by atoms with van der Waals surface area (Å²) in [6.07, 6.45) is 0.451. The van der Waals surface area contributed by atoms with Gasteiger partial charge in [0.2, 0.25) is 0 Å². The average molecular weight is 494 g/mol. The van der Waals surface area contributed by atoms with Crippen LogP contribution in [0.2, 0.25) is 5.02 Å². The van der Waals surface area contributed by atoms with Gasteiger partial charge in [0.15, 0.2) is 11.5 Å². The van der Waals surface area contributed by atoms with Crippen molar-refractivity contribution in [2.45, 2.75) is 37.6 Å². The first kappa shape index (κ1) is 22.5. The molecule has 0 saturated heterocycles. The van der Waals surface area contributed by atoms with Crippen molar-refractivity contribution in [3.8, 4) is 33.8 Å². The molecule has 0 radical (unpaired) electrons. The number of nitrogens with zero attached hydrogens (tertiary/aromatic N) is 5. The molecule has 0 spiro atoms. The number of hydrogen-bond acceptors (Lipinski definition) is 6. The minimum Gasteiger partial charge on any atom is -0.390 e. The van der Waals surface area contributed by atoms with Crippen molar-refractivity contribution in [3.63, 3.8) is 0 Å². The normalized spacial score (nSPS) is 20.4. The molecule has 0 atom stereocenters.